The van der Waals surface area contributed by atoms with Gasteiger partial charge in [0.05, 0.1) is 0 Å². The van der Waals surface area contributed by atoms with E-state index in [1.807, 2.05) is 0 Å². The fourth-order valence-corrected chi connectivity index (χ4v) is 0. The summed E-state index contributed by atoms with van der Waals surface area (Å²) in [4.78, 5) is 51.3. The standard InChI is InChI=1S/4K.2Na.2H3O4P/c;;;;;;2*1-5(2,3)4/h;;;;;;2*(H3,1,2,3,4)/q6*+1;;/p-6. The molecule has 0 amide bonds. The molecule has 0 saturated carbocycles. The van der Waals surface area contributed by atoms with Crippen LogP contribution in [0.3, 0.4) is 0 Å². The first-order chi connectivity index (χ1) is 4.00. The normalized spacial score (nSPS) is 7.38. The van der Waals surface area contributed by atoms with Crippen molar-refractivity contribution in [3.05, 3.63) is 0 Å². The molecule has 0 fully saturated rings. The second-order valence-electron chi connectivity index (χ2n) is 0.894. The van der Waals surface area contributed by atoms with Crippen LogP contribution in [-0.2, 0) is 9.13 Å². The van der Waals surface area contributed by atoms with Crippen molar-refractivity contribution in [1.29, 1.82) is 0 Å². The predicted octanol–water partition coefficient (Wildman–Crippen LogP) is -23.6. The second kappa shape index (κ2) is 28.6. The van der Waals surface area contributed by atoms with E-state index < -0.39 is 15.6 Å². The van der Waals surface area contributed by atoms with Crippen molar-refractivity contribution in [3.63, 3.8) is 0 Å². The molecule has 0 rings (SSSR count). The van der Waals surface area contributed by atoms with Crippen LogP contribution in [0.25, 0.3) is 0 Å². The molecule has 0 aliphatic rings. The zero-order valence-corrected chi connectivity index (χ0v) is 28.4. The Hall–Kier alpha value is 8.77. The van der Waals surface area contributed by atoms with Crippen LogP contribution < -0.4 is 294 Å². The van der Waals surface area contributed by atoms with E-state index in [2.05, 4.69) is 0 Å². The number of phosphoric acid groups is 2. The van der Waals surface area contributed by atoms with Gasteiger partial charge in [-0.25, -0.2) is 0 Å². The van der Waals surface area contributed by atoms with Gasteiger partial charge in [0, 0.05) is 0 Å². The van der Waals surface area contributed by atoms with E-state index in [1.54, 1.807) is 0 Å². The van der Waals surface area contributed by atoms with Crippen LogP contribution in [0.4, 0.5) is 0 Å². The number of hydrogen-bond donors (Lipinski definition) is 0. The largest absolute Gasteiger partial charge is 1.00 e. The van der Waals surface area contributed by atoms with Gasteiger partial charge >= 0.3 is 265 Å². The summed E-state index contributed by atoms with van der Waals surface area (Å²) >= 11 is 0. The molecule has 0 atom stereocenters. The third-order valence-corrected chi connectivity index (χ3v) is 0. The topological polar surface area (TPSA) is 172 Å². The molecule has 8 nitrogen and oxygen atoms in total. The van der Waals surface area contributed by atoms with Crippen molar-refractivity contribution >= 4 is 15.6 Å². The zero-order chi connectivity index (χ0) is 9.00. The molecule has 0 spiro atoms. The SMILES string of the molecule is O=P([O-])([O-])[O-].O=P([O-])([O-])[O-].[K+].[K+].[K+].[K+].[Na+].[Na+]. The molecule has 0 aliphatic heterocycles. The molecule has 0 aliphatic carbocycles. The average Bonchev–Trinajstić information content (AvgIpc) is 1.12. The van der Waals surface area contributed by atoms with E-state index in [0.717, 1.165) is 0 Å². The van der Waals surface area contributed by atoms with Gasteiger partial charge in [-0.15, -0.1) is 0 Å². The van der Waals surface area contributed by atoms with Gasteiger partial charge in [-0.05, 0) is 0 Å². The van der Waals surface area contributed by atoms with E-state index in [-0.39, 0.29) is 265 Å². The van der Waals surface area contributed by atoms with Gasteiger partial charge < -0.3 is 38.5 Å². The molecule has 16 heteroatoms. The maximum atomic E-state index is 8.55. The smallest absolute Gasteiger partial charge is 0.822 e. The van der Waals surface area contributed by atoms with Crippen LogP contribution in [-0.4, -0.2) is 0 Å². The second-order valence-corrected chi connectivity index (χ2v) is 2.68. The Bertz CT molecular complexity index is 140. The third kappa shape index (κ3) is 140. The van der Waals surface area contributed by atoms with Gasteiger partial charge in [-0.3, -0.25) is 0 Å². The van der Waals surface area contributed by atoms with Crippen molar-refractivity contribution in [2.45, 2.75) is 0 Å². The molecule has 16 heavy (non-hydrogen) atoms. The molecule has 0 unspecified atom stereocenters. The molecule has 0 saturated heterocycles. The summed E-state index contributed by atoms with van der Waals surface area (Å²) in [6, 6.07) is 0. The molecule has 0 radical (unpaired) electrons. The molecule has 0 heterocycles. The maximum absolute atomic E-state index is 8.55. The molecule has 0 N–H and O–H groups in total. The third-order valence-electron chi connectivity index (χ3n) is 0. The van der Waals surface area contributed by atoms with Gasteiger partial charge in [0.15, 0.2) is 0 Å². The predicted molar refractivity (Wildman–Crippen MR) is 15.2 cm³/mol. The summed E-state index contributed by atoms with van der Waals surface area (Å²) in [5.41, 5.74) is 0. The van der Waals surface area contributed by atoms with E-state index in [1.165, 1.54) is 0 Å². The fraction of sp³-hybridized carbons (Fsp3) is 0. The first-order valence-electron chi connectivity index (χ1n) is 1.46. The minimum absolute atomic E-state index is 0. The monoisotopic (exact) mass is 392 g/mol. The van der Waals surface area contributed by atoms with E-state index in [4.69, 9.17) is 38.5 Å². The van der Waals surface area contributed by atoms with Gasteiger partial charge in [-0.1, -0.05) is 0 Å². The summed E-state index contributed by atoms with van der Waals surface area (Å²) in [5.74, 6) is 0. The first kappa shape index (κ1) is 49.8. The summed E-state index contributed by atoms with van der Waals surface area (Å²) in [6.45, 7) is 0. The van der Waals surface area contributed by atoms with Gasteiger partial charge in [0.2, 0.25) is 0 Å². The number of rotatable bonds is 0. The zero-order valence-electron chi connectivity index (χ0n) is 10.2. The van der Waals surface area contributed by atoms with E-state index in [0.29, 0.717) is 0 Å². The number of hydrogen-bond acceptors (Lipinski definition) is 8. The van der Waals surface area contributed by atoms with Gasteiger partial charge in [0.1, 0.15) is 0 Å². The van der Waals surface area contributed by atoms with Crippen LogP contribution in [0.15, 0.2) is 0 Å². The van der Waals surface area contributed by atoms with E-state index in [9.17, 15) is 0 Å². The van der Waals surface area contributed by atoms with E-state index >= 15 is 0 Å². The molecule has 0 aromatic carbocycles. The summed E-state index contributed by atoms with van der Waals surface area (Å²) in [7, 11) is -10.8. The van der Waals surface area contributed by atoms with Gasteiger partial charge in [0.25, 0.3) is 0 Å². The minimum atomic E-state index is -5.39. The Kier molecular flexibility index (Phi) is 88.8. The van der Waals surface area contributed by atoms with Crippen molar-refractivity contribution < 1.29 is 303 Å². The Morgan fingerprint density at radius 2 is 0.500 bits per heavy atom. The summed E-state index contributed by atoms with van der Waals surface area (Å²) in [5, 5.41) is 0. The van der Waals surface area contributed by atoms with Crippen LogP contribution >= 0.6 is 15.6 Å². The quantitative estimate of drug-likeness (QED) is 0.289. The molecule has 0 aromatic heterocycles. The molecule has 0 bridgehead atoms. The fourth-order valence-electron chi connectivity index (χ4n) is 0. The summed E-state index contributed by atoms with van der Waals surface area (Å²) < 4.78 is 17.1. The maximum Gasteiger partial charge on any atom is 1.00 e. The van der Waals surface area contributed by atoms with Crippen LogP contribution in [0.2, 0.25) is 0 Å². The Labute approximate surface area is 308 Å². The Balaban J connectivity index is -0.00000000970. The molecular formula is K4Na2O8P2. The van der Waals surface area contributed by atoms with Crippen molar-refractivity contribution in [3.8, 4) is 0 Å². The minimum Gasteiger partial charge on any atom is -0.822 e. The molecule has 64 valence electrons. The Morgan fingerprint density at radius 3 is 0.500 bits per heavy atom. The van der Waals surface area contributed by atoms with Crippen molar-refractivity contribution in [2.24, 2.45) is 0 Å². The van der Waals surface area contributed by atoms with Crippen LogP contribution in [0.1, 0.15) is 0 Å². The van der Waals surface area contributed by atoms with Crippen LogP contribution in [0, 0.1) is 0 Å². The van der Waals surface area contributed by atoms with Crippen LogP contribution in [0.5, 0.6) is 0 Å². The van der Waals surface area contributed by atoms with Crippen molar-refractivity contribution in [1.82, 2.24) is 0 Å². The average molecular weight is 392 g/mol. The summed E-state index contributed by atoms with van der Waals surface area (Å²) in [6.07, 6.45) is 0. The van der Waals surface area contributed by atoms with Gasteiger partial charge in [-0.2, -0.15) is 15.6 Å². The van der Waals surface area contributed by atoms with Crippen molar-refractivity contribution in [2.75, 3.05) is 0 Å². The Morgan fingerprint density at radius 1 is 0.500 bits per heavy atom. The molecule has 0 aromatic rings. The first-order valence-corrected chi connectivity index (χ1v) is 4.38. The molecular weight excluding hydrogens is 392 g/mol.